The van der Waals surface area contributed by atoms with E-state index < -0.39 is 0 Å². The number of anilines is 1. The third-order valence-corrected chi connectivity index (χ3v) is 4.79. The highest BCUT2D eigenvalue weighted by Crippen LogP contribution is 2.27. The molecule has 1 aromatic rings. The highest BCUT2D eigenvalue weighted by Gasteiger charge is 2.19. The molecule has 2 rings (SSSR count). The molecule has 1 aromatic carbocycles. The Kier molecular flexibility index (Phi) is 6.52. The number of hydrogen-bond donors (Lipinski definition) is 2. The van der Waals surface area contributed by atoms with E-state index in [0.717, 1.165) is 32.6 Å². The van der Waals surface area contributed by atoms with Crippen molar-refractivity contribution in [2.24, 2.45) is 11.8 Å². The van der Waals surface area contributed by atoms with E-state index in [-0.39, 0.29) is 0 Å². The number of benzene rings is 1. The van der Waals surface area contributed by atoms with Crippen LogP contribution in [-0.2, 0) is 6.54 Å². The van der Waals surface area contributed by atoms with E-state index in [9.17, 15) is 5.11 Å². The number of rotatable bonds is 6. The zero-order chi connectivity index (χ0) is 15.2. The first-order chi connectivity index (χ1) is 10.1. The number of aliphatic hydroxyl groups is 1. The van der Waals surface area contributed by atoms with Gasteiger partial charge in [0.05, 0.1) is 0 Å². The standard InChI is InChI=1S/C17H27BrN2O/c1-13(2)9-19-10-15-5-6-16(8-17(15)18)20-7-3-4-14(11-20)12-21/h5-6,8,13-14,19,21H,3-4,7,9-12H2,1-2H3. The van der Waals surface area contributed by atoms with Crippen molar-refractivity contribution in [3.05, 3.63) is 28.2 Å². The van der Waals surface area contributed by atoms with Crippen LogP contribution < -0.4 is 10.2 Å². The second-order valence-corrected chi connectivity index (χ2v) is 7.29. The van der Waals surface area contributed by atoms with Crippen LogP contribution in [0.25, 0.3) is 0 Å². The molecule has 1 fully saturated rings. The lowest BCUT2D eigenvalue weighted by atomic mass is 9.98. The van der Waals surface area contributed by atoms with Crippen molar-refractivity contribution >= 4 is 21.6 Å². The molecule has 1 saturated heterocycles. The van der Waals surface area contributed by atoms with Gasteiger partial charge in [-0.05, 0) is 48.9 Å². The lowest BCUT2D eigenvalue weighted by molar-refractivity contribution is 0.208. The van der Waals surface area contributed by atoms with Crippen LogP contribution in [0, 0.1) is 11.8 Å². The Morgan fingerprint density at radius 1 is 1.43 bits per heavy atom. The Bertz CT molecular complexity index is 450. The molecule has 0 saturated carbocycles. The summed E-state index contributed by atoms with van der Waals surface area (Å²) in [6.45, 7) is 8.74. The predicted molar refractivity (Wildman–Crippen MR) is 92.7 cm³/mol. The number of nitrogens with zero attached hydrogens (tertiary/aromatic N) is 1. The Hall–Kier alpha value is -0.580. The summed E-state index contributed by atoms with van der Waals surface area (Å²) in [5, 5.41) is 12.8. The molecule has 0 aliphatic carbocycles. The Labute approximate surface area is 136 Å². The molecule has 1 atom stereocenters. The molecule has 1 heterocycles. The highest BCUT2D eigenvalue weighted by molar-refractivity contribution is 9.10. The number of halogens is 1. The van der Waals surface area contributed by atoms with Gasteiger partial charge in [-0.1, -0.05) is 35.8 Å². The molecule has 2 N–H and O–H groups in total. The van der Waals surface area contributed by atoms with Crippen LogP contribution in [0.5, 0.6) is 0 Å². The van der Waals surface area contributed by atoms with Gasteiger partial charge in [-0.2, -0.15) is 0 Å². The molecule has 1 unspecified atom stereocenters. The molecule has 0 spiro atoms. The van der Waals surface area contributed by atoms with Crippen LogP contribution in [0.3, 0.4) is 0 Å². The van der Waals surface area contributed by atoms with Gasteiger partial charge in [-0.25, -0.2) is 0 Å². The quantitative estimate of drug-likeness (QED) is 0.821. The fraction of sp³-hybridized carbons (Fsp3) is 0.647. The van der Waals surface area contributed by atoms with E-state index in [0.29, 0.717) is 18.4 Å². The van der Waals surface area contributed by atoms with Crippen LogP contribution in [-0.4, -0.2) is 31.3 Å². The molecule has 118 valence electrons. The first-order valence-corrected chi connectivity index (χ1v) is 8.74. The molecule has 0 radical (unpaired) electrons. The van der Waals surface area contributed by atoms with Crippen LogP contribution in [0.15, 0.2) is 22.7 Å². The van der Waals surface area contributed by atoms with Crippen LogP contribution in [0.2, 0.25) is 0 Å². The maximum absolute atomic E-state index is 9.35. The summed E-state index contributed by atoms with van der Waals surface area (Å²) in [7, 11) is 0. The Morgan fingerprint density at radius 2 is 2.24 bits per heavy atom. The molecule has 3 nitrogen and oxygen atoms in total. The molecule has 1 aliphatic heterocycles. The van der Waals surface area contributed by atoms with Crippen molar-refractivity contribution < 1.29 is 5.11 Å². The van der Waals surface area contributed by atoms with Gasteiger partial charge in [0.25, 0.3) is 0 Å². The largest absolute Gasteiger partial charge is 0.396 e. The van der Waals surface area contributed by atoms with Gasteiger partial charge in [-0.15, -0.1) is 0 Å². The summed E-state index contributed by atoms with van der Waals surface area (Å²) in [5.41, 5.74) is 2.56. The number of aliphatic hydroxyl groups excluding tert-OH is 1. The lowest BCUT2D eigenvalue weighted by Gasteiger charge is -2.33. The average molecular weight is 355 g/mol. The maximum atomic E-state index is 9.35. The molecule has 0 amide bonds. The number of nitrogens with one attached hydrogen (secondary N) is 1. The topological polar surface area (TPSA) is 35.5 Å². The summed E-state index contributed by atoms with van der Waals surface area (Å²) in [6, 6.07) is 6.62. The van der Waals surface area contributed by atoms with Crippen molar-refractivity contribution in [3.63, 3.8) is 0 Å². The highest BCUT2D eigenvalue weighted by atomic mass is 79.9. The summed E-state index contributed by atoms with van der Waals surface area (Å²) in [6.07, 6.45) is 2.31. The molecule has 1 aliphatic rings. The smallest absolute Gasteiger partial charge is 0.0476 e. The molecule has 0 aromatic heterocycles. The minimum absolute atomic E-state index is 0.300. The molecule has 4 heteroatoms. The predicted octanol–water partition coefficient (Wildman–Crippen LogP) is 3.40. The SMILES string of the molecule is CC(C)CNCc1ccc(N2CCCC(CO)C2)cc1Br. The van der Waals surface area contributed by atoms with Crippen LogP contribution in [0.1, 0.15) is 32.3 Å². The van der Waals surface area contributed by atoms with Gasteiger partial charge in [0.2, 0.25) is 0 Å². The van der Waals surface area contributed by atoms with Crippen molar-refractivity contribution in [2.75, 3.05) is 31.1 Å². The maximum Gasteiger partial charge on any atom is 0.0476 e. The van der Waals surface area contributed by atoms with Gasteiger partial charge < -0.3 is 15.3 Å². The molecular weight excluding hydrogens is 328 g/mol. The second kappa shape index (κ2) is 8.16. The van der Waals surface area contributed by atoms with Gasteiger partial charge in [0.15, 0.2) is 0 Å². The fourth-order valence-electron chi connectivity index (χ4n) is 2.82. The molecular formula is C17H27BrN2O. The van der Waals surface area contributed by atoms with Crippen LogP contribution in [0.4, 0.5) is 5.69 Å². The second-order valence-electron chi connectivity index (χ2n) is 6.44. The summed E-state index contributed by atoms with van der Waals surface area (Å²) in [4.78, 5) is 2.39. The van der Waals surface area contributed by atoms with E-state index in [1.54, 1.807) is 0 Å². The van der Waals surface area contributed by atoms with Gasteiger partial charge >= 0.3 is 0 Å². The number of piperidine rings is 1. The van der Waals surface area contributed by atoms with E-state index >= 15 is 0 Å². The normalized spacial score (nSPS) is 19.3. The Morgan fingerprint density at radius 3 is 2.90 bits per heavy atom. The third-order valence-electron chi connectivity index (χ3n) is 4.05. The van der Waals surface area contributed by atoms with E-state index in [2.05, 4.69) is 58.2 Å². The lowest BCUT2D eigenvalue weighted by Crippen LogP contribution is -2.36. The minimum atomic E-state index is 0.300. The monoisotopic (exact) mass is 354 g/mol. The van der Waals surface area contributed by atoms with Crippen LogP contribution >= 0.6 is 15.9 Å². The first kappa shape index (κ1) is 16.8. The Balaban J connectivity index is 1.97. The average Bonchev–Trinajstić information content (AvgIpc) is 2.48. The molecule has 21 heavy (non-hydrogen) atoms. The van der Waals surface area contributed by atoms with Gasteiger partial charge in [0.1, 0.15) is 0 Å². The first-order valence-electron chi connectivity index (χ1n) is 7.95. The van der Waals surface area contributed by atoms with E-state index in [4.69, 9.17) is 0 Å². The fourth-order valence-corrected chi connectivity index (χ4v) is 3.33. The zero-order valence-corrected chi connectivity index (χ0v) is 14.7. The van der Waals surface area contributed by atoms with Crippen molar-refractivity contribution in [2.45, 2.75) is 33.2 Å². The third kappa shape index (κ3) is 4.97. The summed E-state index contributed by atoms with van der Waals surface area (Å²) < 4.78 is 1.17. The van der Waals surface area contributed by atoms with E-state index in [1.165, 1.54) is 22.1 Å². The zero-order valence-electron chi connectivity index (χ0n) is 13.1. The number of hydrogen-bond acceptors (Lipinski definition) is 3. The summed E-state index contributed by atoms with van der Waals surface area (Å²) in [5.74, 6) is 1.09. The summed E-state index contributed by atoms with van der Waals surface area (Å²) >= 11 is 3.70. The van der Waals surface area contributed by atoms with Crippen molar-refractivity contribution in [3.8, 4) is 0 Å². The van der Waals surface area contributed by atoms with Crippen molar-refractivity contribution in [1.29, 1.82) is 0 Å². The van der Waals surface area contributed by atoms with E-state index in [1.807, 2.05) is 0 Å². The molecule has 0 bridgehead atoms. The van der Waals surface area contributed by atoms with Gasteiger partial charge in [-0.3, -0.25) is 0 Å². The van der Waals surface area contributed by atoms with Gasteiger partial charge in [0, 0.05) is 36.4 Å². The minimum Gasteiger partial charge on any atom is -0.396 e. The van der Waals surface area contributed by atoms with Crippen molar-refractivity contribution in [1.82, 2.24) is 5.32 Å².